The summed E-state index contributed by atoms with van der Waals surface area (Å²) in [6, 6.07) is 4.46. The number of hydrogen-bond donors (Lipinski definition) is 1. The molecule has 1 rings (SSSR count). The minimum Gasteiger partial charge on any atom is -0.324 e. The minimum absolute atomic E-state index is 0. The molecule has 1 aromatic rings. The molecule has 4 heteroatoms. The fraction of sp³-hybridized carbons (Fsp3) is 0.273. The van der Waals surface area contributed by atoms with Gasteiger partial charge in [-0.05, 0) is 24.5 Å². The molecule has 0 radical (unpaired) electrons. The highest BCUT2D eigenvalue weighted by atomic mass is 35.5. The average molecular weight is 250 g/mol. The van der Waals surface area contributed by atoms with Crippen molar-refractivity contribution in [1.82, 2.24) is 0 Å². The van der Waals surface area contributed by atoms with Crippen molar-refractivity contribution in [1.29, 1.82) is 0 Å². The van der Waals surface area contributed by atoms with Crippen LogP contribution in [0.15, 0.2) is 30.9 Å². The number of allylic oxidation sites excluding steroid dienone is 1. The molecule has 0 unspecified atom stereocenters. The summed E-state index contributed by atoms with van der Waals surface area (Å²) >= 11 is 5.79. The molecule has 0 aliphatic heterocycles. The molecule has 1 atom stereocenters. The highest BCUT2D eigenvalue weighted by Gasteiger charge is 2.11. The Bertz CT molecular complexity index is 328. The Balaban J connectivity index is 0.00000196. The van der Waals surface area contributed by atoms with E-state index in [4.69, 9.17) is 17.3 Å². The standard InChI is InChI=1S/C11H13ClFN.ClH/c1-2-3-7-10(14)8-5-4-6-9(13)11(8)12;/h2,4-6,10H,1,3,7,14H2;1H/t10-;/m1./s1. The molecular formula is C11H14Cl2FN. The van der Waals surface area contributed by atoms with Crippen molar-refractivity contribution in [2.24, 2.45) is 5.73 Å². The lowest BCUT2D eigenvalue weighted by Crippen LogP contribution is -2.10. The summed E-state index contributed by atoms with van der Waals surface area (Å²) in [7, 11) is 0. The fourth-order valence-corrected chi connectivity index (χ4v) is 1.53. The average Bonchev–Trinajstić information content (AvgIpc) is 2.18. The van der Waals surface area contributed by atoms with Crippen LogP contribution in [0.25, 0.3) is 0 Å². The van der Waals surface area contributed by atoms with Gasteiger partial charge >= 0.3 is 0 Å². The molecule has 0 fully saturated rings. The summed E-state index contributed by atoms with van der Waals surface area (Å²) < 4.78 is 13.1. The van der Waals surface area contributed by atoms with Crippen LogP contribution in [-0.4, -0.2) is 0 Å². The molecule has 0 saturated heterocycles. The third-order valence-corrected chi connectivity index (χ3v) is 2.46. The van der Waals surface area contributed by atoms with Gasteiger partial charge in [0, 0.05) is 6.04 Å². The molecule has 0 aromatic heterocycles. The monoisotopic (exact) mass is 249 g/mol. The maximum atomic E-state index is 13.1. The molecule has 84 valence electrons. The van der Waals surface area contributed by atoms with Crippen molar-refractivity contribution < 1.29 is 4.39 Å². The van der Waals surface area contributed by atoms with E-state index in [1.54, 1.807) is 18.2 Å². The van der Waals surface area contributed by atoms with E-state index in [9.17, 15) is 4.39 Å². The van der Waals surface area contributed by atoms with Crippen molar-refractivity contribution >= 4 is 24.0 Å². The zero-order valence-corrected chi connectivity index (χ0v) is 9.82. The van der Waals surface area contributed by atoms with Crippen molar-refractivity contribution in [3.63, 3.8) is 0 Å². The third-order valence-electron chi connectivity index (χ3n) is 2.06. The number of rotatable bonds is 4. The molecule has 2 N–H and O–H groups in total. The van der Waals surface area contributed by atoms with Crippen molar-refractivity contribution in [2.45, 2.75) is 18.9 Å². The van der Waals surface area contributed by atoms with Crippen LogP contribution in [0, 0.1) is 5.82 Å². The zero-order valence-electron chi connectivity index (χ0n) is 8.25. The van der Waals surface area contributed by atoms with Crippen molar-refractivity contribution in [3.05, 3.63) is 47.3 Å². The Morgan fingerprint density at radius 3 is 2.80 bits per heavy atom. The number of benzene rings is 1. The molecule has 0 saturated carbocycles. The normalized spacial score (nSPS) is 11.7. The van der Waals surface area contributed by atoms with E-state index in [0.29, 0.717) is 5.56 Å². The molecule has 0 bridgehead atoms. The molecule has 0 heterocycles. The highest BCUT2D eigenvalue weighted by Crippen LogP contribution is 2.26. The first kappa shape index (κ1) is 14.4. The molecule has 1 nitrogen and oxygen atoms in total. The molecule has 0 aliphatic carbocycles. The molecule has 15 heavy (non-hydrogen) atoms. The first-order chi connectivity index (χ1) is 6.66. The summed E-state index contributed by atoms with van der Waals surface area (Å²) in [6.45, 7) is 3.60. The summed E-state index contributed by atoms with van der Waals surface area (Å²) in [6.07, 6.45) is 3.31. The predicted octanol–water partition coefficient (Wildman–Crippen LogP) is 3.87. The Morgan fingerprint density at radius 2 is 2.20 bits per heavy atom. The lowest BCUT2D eigenvalue weighted by Gasteiger charge is -2.12. The van der Waals surface area contributed by atoms with Gasteiger partial charge in [0.15, 0.2) is 0 Å². The quantitative estimate of drug-likeness (QED) is 0.806. The second kappa shape index (κ2) is 6.83. The van der Waals surface area contributed by atoms with Gasteiger partial charge in [-0.15, -0.1) is 19.0 Å². The van der Waals surface area contributed by atoms with Gasteiger partial charge in [0.1, 0.15) is 5.82 Å². The van der Waals surface area contributed by atoms with Gasteiger partial charge in [0.2, 0.25) is 0 Å². The van der Waals surface area contributed by atoms with E-state index in [2.05, 4.69) is 6.58 Å². The summed E-state index contributed by atoms with van der Waals surface area (Å²) in [5, 5.41) is 0.129. The molecule has 0 amide bonds. The van der Waals surface area contributed by atoms with Crippen molar-refractivity contribution in [3.8, 4) is 0 Å². The van der Waals surface area contributed by atoms with Crippen LogP contribution in [0.3, 0.4) is 0 Å². The van der Waals surface area contributed by atoms with E-state index < -0.39 is 5.82 Å². The second-order valence-corrected chi connectivity index (χ2v) is 3.49. The van der Waals surface area contributed by atoms with Gasteiger partial charge < -0.3 is 5.73 Å². The smallest absolute Gasteiger partial charge is 0.142 e. The summed E-state index contributed by atoms with van der Waals surface area (Å²) in [5.41, 5.74) is 6.51. The molecule has 0 aliphatic rings. The third kappa shape index (κ3) is 3.82. The Kier molecular flexibility index (Phi) is 6.57. The first-order valence-corrected chi connectivity index (χ1v) is 4.85. The molecular weight excluding hydrogens is 236 g/mol. The van der Waals surface area contributed by atoms with Crippen molar-refractivity contribution in [2.75, 3.05) is 0 Å². The predicted molar refractivity (Wildman–Crippen MR) is 65.0 cm³/mol. The van der Waals surface area contributed by atoms with E-state index in [-0.39, 0.29) is 23.5 Å². The van der Waals surface area contributed by atoms with Gasteiger partial charge in [0.25, 0.3) is 0 Å². The maximum absolute atomic E-state index is 13.1. The van der Waals surface area contributed by atoms with Crippen LogP contribution in [0.2, 0.25) is 5.02 Å². The van der Waals surface area contributed by atoms with E-state index in [1.165, 1.54) is 6.07 Å². The molecule has 0 spiro atoms. The number of halogens is 3. The van der Waals surface area contributed by atoms with E-state index in [1.807, 2.05) is 0 Å². The summed E-state index contributed by atoms with van der Waals surface area (Å²) in [4.78, 5) is 0. The Hall–Kier alpha value is -0.570. The first-order valence-electron chi connectivity index (χ1n) is 4.47. The lowest BCUT2D eigenvalue weighted by atomic mass is 10.0. The molecule has 1 aromatic carbocycles. The zero-order chi connectivity index (χ0) is 10.6. The van der Waals surface area contributed by atoms with Crippen LogP contribution in [0.4, 0.5) is 4.39 Å². The lowest BCUT2D eigenvalue weighted by molar-refractivity contribution is 0.612. The van der Waals surface area contributed by atoms with Gasteiger partial charge in [-0.3, -0.25) is 0 Å². The van der Waals surface area contributed by atoms with Crippen LogP contribution in [0.5, 0.6) is 0 Å². The van der Waals surface area contributed by atoms with Crippen LogP contribution >= 0.6 is 24.0 Å². The number of nitrogens with two attached hydrogens (primary N) is 1. The Labute approximate surface area is 101 Å². The maximum Gasteiger partial charge on any atom is 0.142 e. The highest BCUT2D eigenvalue weighted by molar-refractivity contribution is 6.31. The SMILES string of the molecule is C=CCC[C@@H](N)c1cccc(F)c1Cl.Cl. The van der Waals surface area contributed by atoms with E-state index >= 15 is 0 Å². The fourth-order valence-electron chi connectivity index (χ4n) is 1.26. The van der Waals surface area contributed by atoms with Gasteiger partial charge in [-0.25, -0.2) is 4.39 Å². The second-order valence-electron chi connectivity index (χ2n) is 3.12. The van der Waals surface area contributed by atoms with Crippen LogP contribution in [-0.2, 0) is 0 Å². The Morgan fingerprint density at radius 1 is 1.53 bits per heavy atom. The van der Waals surface area contributed by atoms with Gasteiger partial charge in [-0.2, -0.15) is 0 Å². The minimum atomic E-state index is -0.418. The summed E-state index contributed by atoms with van der Waals surface area (Å²) in [5.74, 6) is -0.418. The topological polar surface area (TPSA) is 26.0 Å². The van der Waals surface area contributed by atoms with E-state index in [0.717, 1.165) is 12.8 Å². The van der Waals surface area contributed by atoms with Gasteiger partial charge in [-0.1, -0.05) is 29.8 Å². The number of hydrogen-bond acceptors (Lipinski definition) is 1. The largest absolute Gasteiger partial charge is 0.324 e. The van der Waals surface area contributed by atoms with Crippen LogP contribution in [0.1, 0.15) is 24.4 Å². The van der Waals surface area contributed by atoms with Gasteiger partial charge in [0.05, 0.1) is 5.02 Å². The van der Waals surface area contributed by atoms with Crippen LogP contribution < -0.4 is 5.73 Å².